The van der Waals surface area contributed by atoms with E-state index in [0.29, 0.717) is 11.6 Å². The Morgan fingerprint density at radius 3 is 2.94 bits per heavy atom. The Hall–Kier alpha value is -0.870. The van der Waals surface area contributed by atoms with Gasteiger partial charge in [-0.2, -0.15) is 0 Å². The Bertz CT molecular complexity index is 409. The lowest BCUT2D eigenvalue weighted by Crippen LogP contribution is -2.62. The normalized spacial score (nSPS) is 28.0. The van der Waals surface area contributed by atoms with Crippen molar-refractivity contribution in [2.75, 3.05) is 13.1 Å². The van der Waals surface area contributed by atoms with Gasteiger partial charge < -0.3 is 9.84 Å². The maximum absolute atomic E-state index is 5.17. The molecule has 4 nitrogen and oxygen atoms in total. The number of aromatic nitrogens is 1. The summed E-state index contributed by atoms with van der Waals surface area (Å²) in [6.45, 7) is 7.41. The molecular formula is C14H23N3O. The molecule has 4 heteroatoms. The van der Waals surface area contributed by atoms with Crippen LogP contribution in [-0.2, 0) is 6.54 Å². The molecule has 0 amide bonds. The molecule has 0 bridgehead atoms. The van der Waals surface area contributed by atoms with Gasteiger partial charge in [0.2, 0.25) is 0 Å². The smallest absolute Gasteiger partial charge is 0.133 e. The summed E-state index contributed by atoms with van der Waals surface area (Å²) in [4.78, 5) is 2.55. The predicted octanol–water partition coefficient (Wildman–Crippen LogP) is 2.09. The van der Waals surface area contributed by atoms with Crippen LogP contribution in [0.5, 0.6) is 0 Å². The number of piperazine rings is 1. The molecular weight excluding hydrogens is 226 g/mol. The zero-order valence-corrected chi connectivity index (χ0v) is 11.4. The van der Waals surface area contributed by atoms with Crippen LogP contribution in [0.4, 0.5) is 0 Å². The monoisotopic (exact) mass is 249 g/mol. The standard InChI is InChI=1S/C14H23N3O/c1-11-8-15-14(5-3-4-6-14)10-17(11)9-13-7-12(2)18-16-13/h7,11,15H,3-6,8-10H2,1-2H3. The van der Waals surface area contributed by atoms with Crippen molar-refractivity contribution < 1.29 is 4.52 Å². The zero-order chi connectivity index (χ0) is 12.6. The van der Waals surface area contributed by atoms with Gasteiger partial charge in [-0.05, 0) is 26.7 Å². The van der Waals surface area contributed by atoms with Crippen LogP contribution in [-0.4, -0.2) is 34.7 Å². The first-order chi connectivity index (χ1) is 8.67. The Balaban J connectivity index is 1.69. The van der Waals surface area contributed by atoms with Gasteiger partial charge in [-0.15, -0.1) is 0 Å². The van der Waals surface area contributed by atoms with E-state index in [-0.39, 0.29) is 0 Å². The summed E-state index contributed by atoms with van der Waals surface area (Å²) in [5.74, 6) is 0.906. The quantitative estimate of drug-likeness (QED) is 0.871. The lowest BCUT2D eigenvalue weighted by atomic mass is 9.92. The maximum Gasteiger partial charge on any atom is 0.133 e. The lowest BCUT2D eigenvalue weighted by molar-refractivity contribution is 0.0806. The van der Waals surface area contributed by atoms with Crippen LogP contribution in [0.15, 0.2) is 10.6 Å². The van der Waals surface area contributed by atoms with Gasteiger partial charge >= 0.3 is 0 Å². The first-order valence-electron chi connectivity index (χ1n) is 7.08. The van der Waals surface area contributed by atoms with Crippen molar-refractivity contribution in [3.05, 3.63) is 17.5 Å². The average molecular weight is 249 g/mol. The van der Waals surface area contributed by atoms with Crippen LogP contribution in [0.1, 0.15) is 44.1 Å². The first kappa shape index (κ1) is 12.2. The molecule has 1 aliphatic heterocycles. The summed E-state index contributed by atoms with van der Waals surface area (Å²) in [6, 6.07) is 2.63. The Labute approximate surface area is 109 Å². The summed E-state index contributed by atoms with van der Waals surface area (Å²) in [6.07, 6.45) is 5.40. The molecule has 3 rings (SSSR count). The largest absolute Gasteiger partial charge is 0.361 e. The van der Waals surface area contributed by atoms with Gasteiger partial charge in [0.15, 0.2) is 0 Å². The van der Waals surface area contributed by atoms with Crippen LogP contribution >= 0.6 is 0 Å². The zero-order valence-electron chi connectivity index (χ0n) is 11.4. The van der Waals surface area contributed by atoms with Crippen molar-refractivity contribution in [1.29, 1.82) is 0 Å². The summed E-state index contributed by atoms with van der Waals surface area (Å²) in [5, 5.41) is 7.90. The van der Waals surface area contributed by atoms with E-state index in [1.165, 1.54) is 25.7 Å². The molecule has 1 aromatic heterocycles. The summed E-state index contributed by atoms with van der Waals surface area (Å²) in [5.41, 5.74) is 1.44. The second kappa shape index (κ2) is 4.67. The second-order valence-electron chi connectivity index (χ2n) is 6.05. The van der Waals surface area contributed by atoms with Gasteiger partial charge in [-0.1, -0.05) is 18.0 Å². The van der Waals surface area contributed by atoms with E-state index in [4.69, 9.17) is 4.52 Å². The minimum absolute atomic E-state index is 0.380. The summed E-state index contributed by atoms with van der Waals surface area (Å²) in [7, 11) is 0. The van der Waals surface area contributed by atoms with Gasteiger partial charge in [0.1, 0.15) is 5.76 Å². The molecule has 1 saturated carbocycles. The number of nitrogens with one attached hydrogen (secondary N) is 1. The summed E-state index contributed by atoms with van der Waals surface area (Å²) >= 11 is 0. The molecule has 1 spiro atoms. The molecule has 100 valence electrons. The van der Waals surface area contributed by atoms with Gasteiger partial charge in [-0.3, -0.25) is 4.90 Å². The van der Waals surface area contributed by atoms with E-state index >= 15 is 0 Å². The van der Waals surface area contributed by atoms with Crippen molar-refractivity contribution in [2.24, 2.45) is 0 Å². The Morgan fingerprint density at radius 1 is 1.50 bits per heavy atom. The fourth-order valence-corrected chi connectivity index (χ4v) is 3.39. The average Bonchev–Trinajstić information content (AvgIpc) is 2.95. The highest BCUT2D eigenvalue weighted by Gasteiger charge is 2.39. The number of hydrogen-bond donors (Lipinski definition) is 1. The van der Waals surface area contributed by atoms with Gasteiger partial charge in [0.25, 0.3) is 0 Å². The van der Waals surface area contributed by atoms with Crippen LogP contribution < -0.4 is 5.32 Å². The van der Waals surface area contributed by atoms with Crippen LogP contribution in [0.25, 0.3) is 0 Å². The molecule has 0 aromatic carbocycles. The third-order valence-electron chi connectivity index (χ3n) is 4.50. The van der Waals surface area contributed by atoms with Crippen molar-refractivity contribution >= 4 is 0 Å². The minimum atomic E-state index is 0.380. The number of hydrogen-bond acceptors (Lipinski definition) is 4. The third kappa shape index (κ3) is 2.31. The molecule has 2 aliphatic rings. The molecule has 1 unspecified atom stereocenters. The summed E-state index contributed by atoms with van der Waals surface area (Å²) < 4.78 is 5.17. The molecule has 2 heterocycles. The Morgan fingerprint density at radius 2 is 2.28 bits per heavy atom. The van der Waals surface area contributed by atoms with Crippen molar-refractivity contribution in [1.82, 2.24) is 15.4 Å². The van der Waals surface area contributed by atoms with Gasteiger partial charge in [0, 0.05) is 37.3 Å². The van der Waals surface area contributed by atoms with Crippen molar-refractivity contribution in [3.8, 4) is 0 Å². The third-order valence-corrected chi connectivity index (χ3v) is 4.50. The number of nitrogens with zero attached hydrogens (tertiary/aromatic N) is 2. The van der Waals surface area contributed by atoms with Crippen molar-refractivity contribution in [3.63, 3.8) is 0 Å². The second-order valence-corrected chi connectivity index (χ2v) is 6.05. The highest BCUT2D eigenvalue weighted by Crippen LogP contribution is 2.33. The van der Waals surface area contributed by atoms with Crippen LogP contribution in [0.2, 0.25) is 0 Å². The molecule has 1 N–H and O–H groups in total. The van der Waals surface area contributed by atoms with Crippen LogP contribution in [0, 0.1) is 6.92 Å². The highest BCUT2D eigenvalue weighted by molar-refractivity contribution is 5.06. The molecule has 18 heavy (non-hydrogen) atoms. The van der Waals surface area contributed by atoms with E-state index < -0.39 is 0 Å². The van der Waals surface area contributed by atoms with Crippen LogP contribution in [0.3, 0.4) is 0 Å². The molecule has 1 atom stereocenters. The van der Waals surface area contributed by atoms with E-state index in [1.807, 2.05) is 6.92 Å². The molecule has 0 radical (unpaired) electrons. The molecule has 2 fully saturated rings. The number of aryl methyl sites for hydroxylation is 1. The fourth-order valence-electron chi connectivity index (χ4n) is 3.39. The maximum atomic E-state index is 5.17. The van der Waals surface area contributed by atoms with E-state index in [2.05, 4.69) is 28.4 Å². The fraction of sp³-hybridized carbons (Fsp3) is 0.786. The topological polar surface area (TPSA) is 41.3 Å². The molecule has 1 aliphatic carbocycles. The highest BCUT2D eigenvalue weighted by atomic mass is 16.5. The van der Waals surface area contributed by atoms with E-state index in [9.17, 15) is 0 Å². The van der Waals surface area contributed by atoms with Crippen molar-refractivity contribution in [2.45, 2.75) is 57.7 Å². The van der Waals surface area contributed by atoms with Gasteiger partial charge in [-0.25, -0.2) is 0 Å². The SMILES string of the molecule is Cc1cc(CN2CC3(CCCC3)NCC2C)no1. The predicted molar refractivity (Wildman–Crippen MR) is 70.3 cm³/mol. The molecule has 1 aromatic rings. The molecule has 1 saturated heterocycles. The first-order valence-corrected chi connectivity index (χ1v) is 7.08. The minimum Gasteiger partial charge on any atom is -0.361 e. The van der Waals surface area contributed by atoms with E-state index in [1.54, 1.807) is 0 Å². The van der Waals surface area contributed by atoms with E-state index in [0.717, 1.165) is 31.1 Å². The Kier molecular flexibility index (Phi) is 3.16. The van der Waals surface area contributed by atoms with Gasteiger partial charge in [0.05, 0.1) is 5.69 Å². The lowest BCUT2D eigenvalue weighted by Gasteiger charge is -2.45. The number of rotatable bonds is 2.